The molecular formula is C26H19Cl2NO2. The van der Waals surface area contributed by atoms with E-state index in [1.54, 1.807) is 0 Å². The smallest absolute Gasteiger partial charge is 0.240 e. The van der Waals surface area contributed by atoms with Crippen LogP contribution in [0.25, 0.3) is 0 Å². The van der Waals surface area contributed by atoms with E-state index in [0.29, 0.717) is 5.69 Å². The summed E-state index contributed by atoms with van der Waals surface area (Å²) >= 11 is 14.9. The molecule has 1 fully saturated rings. The van der Waals surface area contributed by atoms with E-state index in [4.69, 9.17) is 23.2 Å². The van der Waals surface area contributed by atoms with Gasteiger partial charge in [0.1, 0.15) is 9.75 Å². The lowest BCUT2D eigenvalue weighted by molar-refractivity contribution is -0.122. The molecule has 2 bridgehead atoms. The van der Waals surface area contributed by atoms with Crippen LogP contribution in [-0.2, 0) is 19.3 Å². The first-order chi connectivity index (χ1) is 14.8. The van der Waals surface area contributed by atoms with Gasteiger partial charge in [0.15, 0.2) is 0 Å². The normalized spacial score (nSPS) is 30.3. The van der Waals surface area contributed by atoms with Gasteiger partial charge in [0.05, 0.1) is 17.5 Å². The zero-order chi connectivity index (χ0) is 21.7. The third-order valence-electron chi connectivity index (χ3n) is 7.18. The number of aryl methyl sites for hydroxylation is 2. The van der Waals surface area contributed by atoms with Gasteiger partial charge in [0, 0.05) is 0 Å². The Morgan fingerprint density at radius 3 is 1.52 bits per heavy atom. The molecule has 5 heteroatoms. The van der Waals surface area contributed by atoms with Crippen LogP contribution in [0.2, 0.25) is 0 Å². The largest absolute Gasteiger partial charge is 0.274 e. The molecule has 0 aromatic heterocycles. The summed E-state index contributed by atoms with van der Waals surface area (Å²) in [6.45, 7) is 3.90. The predicted octanol–water partition coefficient (Wildman–Crippen LogP) is 5.40. The van der Waals surface area contributed by atoms with Crippen molar-refractivity contribution in [3.05, 3.63) is 100 Å². The third kappa shape index (κ3) is 2.07. The summed E-state index contributed by atoms with van der Waals surface area (Å²) in [4.78, 5) is 26.8. The Hall–Kier alpha value is -2.62. The maximum absolute atomic E-state index is 13.9. The van der Waals surface area contributed by atoms with E-state index in [1.165, 1.54) is 4.90 Å². The molecule has 0 unspecified atom stereocenters. The minimum Gasteiger partial charge on any atom is -0.274 e. The quantitative estimate of drug-likeness (QED) is 0.369. The van der Waals surface area contributed by atoms with Crippen molar-refractivity contribution in [2.24, 2.45) is 11.8 Å². The van der Waals surface area contributed by atoms with Crippen LogP contribution in [0.15, 0.2) is 66.7 Å². The maximum atomic E-state index is 13.9. The maximum Gasteiger partial charge on any atom is 0.240 e. The lowest BCUT2D eigenvalue weighted by Crippen LogP contribution is -2.57. The van der Waals surface area contributed by atoms with Crippen LogP contribution in [-0.4, -0.2) is 11.8 Å². The van der Waals surface area contributed by atoms with Crippen LogP contribution in [0.1, 0.15) is 33.4 Å². The fraction of sp³-hybridized carbons (Fsp3) is 0.231. The van der Waals surface area contributed by atoms with Gasteiger partial charge in [-0.15, -0.1) is 23.2 Å². The Morgan fingerprint density at radius 1 is 0.710 bits per heavy atom. The van der Waals surface area contributed by atoms with E-state index in [1.807, 2.05) is 80.6 Å². The van der Waals surface area contributed by atoms with Gasteiger partial charge in [-0.2, -0.15) is 0 Å². The lowest BCUT2D eigenvalue weighted by Gasteiger charge is -2.54. The molecule has 0 spiro atoms. The first-order valence-electron chi connectivity index (χ1n) is 10.3. The highest BCUT2D eigenvalue weighted by Crippen LogP contribution is 2.69. The van der Waals surface area contributed by atoms with Gasteiger partial charge in [0.25, 0.3) is 0 Å². The molecule has 2 atom stereocenters. The van der Waals surface area contributed by atoms with Crippen molar-refractivity contribution >= 4 is 40.7 Å². The highest BCUT2D eigenvalue weighted by molar-refractivity contribution is 6.38. The highest BCUT2D eigenvalue weighted by atomic mass is 35.5. The van der Waals surface area contributed by atoms with Crippen LogP contribution in [0, 0.1) is 25.7 Å². The molecule has 3 nitrogen and oxygen atoms in total. The molecule has 31 heavy (non-hydrogen) atoms. The number of alkyl halides is 2. The van der Waals surface area contributed by atoms with Crippen molar-refractivity contribution in [2.45, 2.75) is 23.6 Å². The number of amides is 2. The van der Waals surface area contributed by atoms with E-state index < -0.39 is 21.6 Å². The molecule has 1 saturated heterocycles. The third-order valence-corrected chi connectivity index (χ3v) is 8.46. The molecular weight excluding hydrogens is 429 g/mol. The van der Waals surface area contributed by atoms with Crippen LogP contribution in [0.4, 0.5) is 5.69 Å². The molecule has 3 aromatic carbocycles. The number of hydrogen-bond acceptors (Lipinski definition) is 2. The molecule has 1 aliphatic heterocycles. The number of hydrogen-bond donors (Lipinski definition) is 0. The average Bonchev–Trinajstić information content (AvgIpc) is 3.04. The van der Waals surface area contributed by atoms with E-state index in [2.05, 4.69) is 0 Å². The number of nitrogens with zero attached hydrogens (tertiary/aromatic N) is 1. The van der Waals surface area contributed by atoms with Crippen LogP contribution in [0.5, 0.6) is 0 Å². The van der Waals surface area contributed by atoms with Gasteiger partial charge in [-0.3, -0.25) is 9.59 Å². The van der Waals surface area contributed by atoms with E-state index in [-0.39, 0.29) is 11.8 Å². The number of rotatable bonds is 1. The molecule has 3 aliphatic carbocycles. The van der Waals surface area contributed by atoms with Gasteiger partial charge >= 0.3 is 0 Å². The summed E-state index contributed by atoms with van der Waals surface area (Å²) in [6.07, 6.45) is 0. The fourth-order valence-corrected chi connectivity index (χ4v) is 7.06. The van der Waals surface area contributed by atoms with Crippen LogP contribution in [0.3, 0.4) is 0 Å². The second-order valence-electron chi connectivity index (χ2n) is 8.77. The first kappa shape index (κ1) is 19.1. The molecule has 4 aliphatic rings. The summed E-state index contributed by atoms with van der Waals surface area (Å²) in [7, 11) is 0. The number of benzene rings is 3. The fourth-order valence-electron chi connectivity index (χ4n) is 5.96. The zero-order valence-corrected chi connectivity index (χ0v) is 18.5. The molecule has 0 saturated carbocycles. The van der Waals surface area contributed by atoms with Crippen molar-refractivity contribution in [3.8, 4) is 0 Å². The zero-order valence-electron chi connectivity index (χ0n) is 17.0. The molecule has 7 rings (SSSR count). The SMILES string of the molecule is Cc1ccc(N2C(=O)[C@H]3[C@H](C2=O)C2(Cl)c4ccccc4C3(Cl)c3ccccc32)c(C)c1. The van der Waals surface area contributed by atoms with Crippen molar-refractivity contribution in [2.75, 3.05) is 4.90 Å². The van der Waals surface area contributed by atoms with Gasteiger partial charge < -0.3 is 0 Å². The number of imide groups is 1. The Kier molecular flexibility index (Phi) is 3.69. The summed E-state index contributed by atoms with van der Waals surface area (Å²) in [5.41, 5.74) is 5.80. The molecule has 154 valence electrons. The van der Waals surface area contributed by atoms with Crippen molar-refractivity contribution < 1.29 is 9.59 Å². The van der Waals surface area contributed by atoms with Gasteiger partial charge in [-0.1, -0.05) is 66.2 Å². The van der Waals surface area contributed by atoms with E-state index >= 15 is 0 Å². The molecule has 2 amide bonds. The highest BCUT2D eigenvalue weighted by Gasteiger charge is 2.73. The van der Waals surface area contributed by atoms with Gasteiger partial charge in [-0.25, -0.2) is 4.90 Å². The number of carbonyl (C=O) groups is 2. The average molecular weight is 448 g/mol. The van der Waals surface area contributed by atoms with E-state index in [0.717, 1.165) is 33.4 Å². The molecule has 0 N–H and O–H groups in total. The second kappa shape index (κ2) is 5.99. The lowest BCUT2D eigenvalue weighted by atomic mass is 9.54. The van der Waals surface area contributed by atoms with Crippen molar-refractivity contribution in [1.29, 1.82) is 0 Å². The van der Waals surface area contributed by atoms with Gasteiger partial charge in [0.2, 0.25) is 11.8 Å². The minimum absolute atomic E-state index is 0.286. The standard InChI is InChI=1S/C26H19Cl2NO2/c1-14-11-12-20(15(2)13-14)29-23(30)21-22(24(29)31)26(28)17-8-4-3-7-16(17)25(21,27)18-9-5-6-10-19(18)26/h3-13,21-22H,1-2H3/t21-,22-,25?,26?/m1/s1. The first-order valence-corrected chi connectivity index (χ1v) is 11.1. The Bertz CT molecular complexity index is 1190. The monoisotopic (exact) mass is 447 g/mol. The number of anilines is 1. The summed E-state index contributed by atoms with van der Waals surface area (Å²) in [5, 5.41) is 0. The second-order valence-corrected chi connectivity index (χ2v) is 9.96. The van der Waals surface area contributed by atoms with E-state index in [9.17, 15) is 9.59 Å². The predicted molar refractivity (Wildman–Crippen MR) is 122 cm³/mol. The van der Waals surface area contributed by atoms with Crippen molar-refractivity contribution in [3.63, 3.8) is 0 Å². The summed E-state index contributed by atoms with van der Waals surface area (Å²) < 4.78 is 0. The van der Waals surface area contributed by atoms with Gasteiger partial charge in [-0.05, 0) is 47.7 Å². The summed E-state index contributed by atoms with van der Waals surface area (Å²) in [6, 6.07) is 21.1. The molecule has 0 radical (unpaired) electrons. The topological polar surface area (TPSA) is 37.4 Å². The van der Waals surface area contributed by atoms with Crippen LogP contribution >= 0.6 is 23.2 Å². The Labute approximate surface area is 190 Å². The molecule has 3 aromatic rings. The Morgan fingerprint density at radius 2 is 1.13 bits per heavy atom. The van der Waals surface area contributed by atoms with Crippen LogP contribution < -0.4 is 4.90 Å². The van der Waals surface area contributed by atoms with Crippen molar-refractivity contribution in [1.82, 2.24) is 0 Å². The summed E-state index contributed by atoms with van der Waals surface area (Å²) in [5.74, 6) is -2.12. The molecule has 1 heterocycles. The number of halogens is 2. The Balaban J connectivity index is 1.66. The number of carbonyl (C=O) groups excluding carboxylic acids is 2. The minimum atomic E-state index is -1.14.